The van der Waals surface area contributed by atoms with Gasteiger partial charge < -0.3 is 10.0 Å². The van der Waals surface area contributed by atoms with Crippen LogP contribution in [0.25, 0.3) is 17.7 Å². The summed E-state index contributed by atoms with van der Waals surface area (Å²) in [4.78, 5) is 13.3. The van der Waals surface area contributed by atoms with Crippen molar-refractivity contribution in [1.29, 1.82) is 0 Å². The zero-order valence-corrected chi connectivity index (χ0v) is 17.6. The van der Waals surface area contributed by atoms with E-state index in [4.69, 9.17) is 5.11 Å². The molecule has 156 valence electrons. The molecule has 4 aromatic rings. The van der Waals surface area contributed by atoms with E-state index >= 15 is 0 Å². The van der Waals surface area contributed by atoms with Crippen molar-refractivity contribution >= 4 is 40.8 Å². The summed E-state index contributed by atoms with van der Waals surface area (Å²) in [5.41, 5.74) is 6.06. The first-order valence-electron chi connectivity index (χ1n) is 10.3. The molecule has 0 aromatic heterocycles. The third kappa shape index (κ3) is 4.85. The van der Waals surface area contributed by atoms with Gasteiger partial charge in [0.1, 0.15) is 0 Å². The number of benzene rings is 4. The van der Waals surface area contributed by atoms with Crippen molar-refractivity contribution in [3.05, 3.63) is 132 Å². The van der Waals surface area contributed by atoms with Crippen molar-refractivity contribution in [3.8, 4) is 0 Å². The Labute approximate surface area is 188 Å². The summed E-state index contributed by atoms with van der Waals surface area (Å²) in [7, 11) is 0. The van der Waals surface area contributed by atoms with E-state index in [9.17, 15) is 4.79 Å². The maximum absolute atomic E-state index is 11.0. The lowest BCUT2D eigenvalue weighted by Crippen LogP contribution is -2.09. The van der Waals surface area contributed by atoms with Gasteiger partial charge in [-0.05, 0) is 53.1 Å². The number of rotatable bonds is 7. The molecule has 3 heteroatoms. The maximum atomic E-state index is 11.0. The number of carboxylic acids is 1. The average Bonchev–Trinajstić information content (AvgIpc) is 2.85. The van der Waals surface area contributed by atoms with Crippen LogP contribution >= 0.6 is 0 Å². The van der Waals surface area contributed by atoms with Crippen LogP contribution in [0.15, 0.2) is 116 Å². The van der Waals surface area contributed by atoms with Crippen molar-refractivity contribution in [2.45, 2.75) is 0 Å². The van der Waals surface area contributed by atoms with Gasteiger partial charge in [-0.25, -0.2) is 4.79 Å². The largest absolute Gasteiger partial charge is 0.478 e. The van der Waals surface area contributed by atoms with Gasteiger partial charge in [0.15, 0.2) is 0 Å². The van der Waals surface area contributed by atoms with E-state index in [0.717, 1.165) is 28.2 Å². The summed E-state index contributed by atoms with van der Waals surface area (Å²) >= 11 is 0. The Morgan fingerprint density at radius 2 is 1.03 bits per heavy atom. The van der Waals surface area contributed by atoms with E-state index in [-0.39, 0.29) is 5.57 Å². The van der Waals surface area contributed by atoms with Gasteiger partial charge in [0.05, 0.1) is 5.57 Å². The highest BCUT2D eigenvalue weighted by molar-refractivity contribution is 6.14. The highest BCUT2D eigenvalue weighted by atomic mass is 16.4. The van der Waals surface area contributed by atoms with E-state index in [1.165, 1.54) is 0 Å². The second-order valence-electron chi connectivity index (χ2n) is 7.34. The third-order valence-corrected chi connectivity index (χ3v) is 5.17. The Hall–Kier alpha value is -4.37. The second kappa shape index (κ2) is 9.63. The van der Waals surface area contributed by atoms with Gasteiger partial charge in [-0.2, -0.15) is 0 Å². The van der Waals surface area contributed by atoms with Crippen LogP contribution in [0.1, 0.15) is 16.7 Å². The Morgan fingerprint density at radius 1 is 0.625 bits per heavy atom. The fourth-order valence-electron chi connectivity index (χ4n) is 3.45. The van der Waals surface area contributed by atoms with Crippen LogP contribution in [0, 0.1) is 0 Å². The average molecular weight is 418 g/mol. The van der Waals surface area contributed by atoms with Crippen molar-refractivity contribution in [1.82, 2.24) is 0 Å². The topological polar surface area (TPSA) is 40.5 Å². The minimum Gasteiger partial charge on any atom is -0.478 e. The molecule has 0 atom stereocenters. The SMILES string of the molecule is C=C(C(=O)O)c1ccc(C=Cc2ccc(N(c3ccccc3)c3ccccc3)cc2)cc1. The molecule has 0 aliphatic carbocycles. The van der Waals surface area contributed by atoms with Gasteiger partial charge in [0.25, 0.3) is 0 Å². The molecule has 0 unspecified atom stereocenters. The van der Waals surface area contributed by atoms with Gasteiger partial charge in [-0.15, -0.1) is 0 Å². The van der Waals surface area contributed by atoms with E-state index in [1.54, 1.807) is 12.1 Å². The number of para-hydroxylation sites is 2. The zero-order chi connectivity index (χ0) is 22.3. The van der Waals surface area contributed by atoms with Gasteiger partial charge in [-0.1, -0.05) is 91.5 Å². The molecule has 0 aliphatic heterocycles. The smallest absolute Gasteiger partial charge is 0.335 e. The number of nitrogens with zero attached hydrogens (tertiary/aromatic N) is 1. The molecule has 0 aliphatic rings. The molecule has 0 saturated heterocycles. The number of hydrogen-bond acceptors (Lipinski definition) is 2. The highest BCUT2D eigenvalue weighted by Gasteiger charge is 2.11. The lowest BCUT2D eigenvalue weighted by atomic mass is 10.0. The lowest BCUT2D eigenvalue weighted by Gasteiger charge is -2.25. The first-order valence-corrected chi connectivity index (χ1v) is 10.3. The molecule has 0 saturated carbocycles. The monoisotopic (exact) mass is 417 g/mol. The van der Waals surface area contributed by atoms with Crippen LogP contribution in [0.3, 0.4) is 0 Å². The molecule has 0 spiro atoms. The minimum atomic E-state index is -1.01. The minimum absolute atomic E-state index is 0.0949. The Morgan fingerprint density at radius 3 is 1.47 bits per heavy atom. The predicted octanol–water partition coefficient (Wildman–Crippen LogP) is 7.42. The van der Waals surface area contributed by atoms with Gasteiger partial charge in [0, 0.05) is 17.1 Å². The summed E-state index contributed by atoms with van der Waals surface area (Å²) in [6.45, 7) is 3.59. The van der Waals surface area contributed by atoms with Crippen molar-refractivity contribution < 1.29 is 9.90 Å². The third-order valence-electron chi connectivity index (χ3n) is 5.17. The molecule has 0 fully saturated rings. The molecule has 32 heavy (non-hydrogen) atoms. The van der Waals surface area contributed by atoms with Gasteiger partial charge in [0.2, 0.25) is 0 Å². The van der Waals surface area contributed by atoms with Crippen LogP contribution < -0.4 is 4.90 Å². The molecule has 0 radical (unpaired) electrons. The number of aliphatic carboxylic acids is 1. The molecule has 0 heterocycles. The fourth-order valence-corrected chi connectivity index (χ4v) is 3.45. The van der Waals surface area contributed by atoms with Crippen LogP contribution in [0.2, 0.25) is 0 Å². The summed E-state index contributed by atoms with van der Waals surface area (Å²) in [6, 6.07) is 36.3. The summed E-state index contributed by atoms with van der Waals surface area (Å²) in [6.07, 6.45) is 4.05. The summed E-state index contributed by atoms with van der Waals surface area (Å²) in [5, 5.41) is 9.05. The van der Waals surface area contributed by atoms with Crippen LogP contribution in [0.5, 0.6) is 0 Å². The normalized spacial score (nSPS) is 10.8. The number of carbonyl (C=O) groups is 1. The molecule has 3 nitrogen and oxygen atoms in total. The zero-order valence-electron chi connectivity index (χ0n) is 17.6. The van der Waals surface area contributed by atoms with Crippen LogP contribution in [-0.4, -0.2) is 11.1 Å². The molecule has 4 rings (SSSR count). The van der Waals surface area contributed by atoms with Gasteiger partial charge >= 0.3 is 5.97 Å². The second-order valence-corrected chi connectivity index (χ2v) is 7.34. The summed E-state index contributed by atoms with van der Waals surface area (Å²) < 4.78 is 0. The van der Waals surface area contributed by atoms with Crippen LogP contribution in [-0.2, 0) is 4.79 Å². The first-order chi connectivity index (χ1) is 15.6. The Bertz CT molecular complexity index is 1190. The molecular weight excluding hydrogens is 394 g/mol. The fraction of sp³-hybridized carbons (Fsp3) is 0. The Kier molecular flexibility index (Phi) is 6.28. The van der Waals surface area contributed by atoms with E-state index in [0.29, 0.717) is 5.56 Å². The molecule has 0 bridgehead atoms. The Balaban J connectivity index is 1.55. The standard InChI is InChI=1S/C29H23NO2/c1-22(29(31)32)25-18-14-23(15-19-25)12-13-24-16-20-28(21-17-24)30(26-8-4-2-5-9-26)27-10-6-3-7-11-27/h2-21H,1H2,(H,31,32). The lowest BCUT2D eigenvalue weighted by molar-refractivity contribution is -0.130. The molecular formula is C29H23NO2. The molecule has 4 aromatic carbocycles. The highest BCUT2D eigenvalue weighted by Crippen LogP contribution is 2.34. The number of anilines is 3. The number of carboxylic acid groups (broad SMARTS) is 1. The van der Waals surface area contributed by atoms with Gasteiger partial charge in [-0.3, -0.25) is 0 Å². The molecule has 0 amide bonds. The molecule has 1 N–H and O–H groups in total. The van der Waals surface area contributed by atoms with Crippen LogP contribution in [0.4, 0.5) is 17.1 Å². The number of hydrogen-bond donors (Lipinski definition) is 1. The van der Waals surface area contributed by atoms with Crippen molar-refractivity contribution in [3.63, 3.8) is 0 Å². The summed E-state index contributed by atoms with van der Waals surface area (Å²) in [5.74, 6) is -1.01. The predicted molar refractivity (Wildman–Crippen MR) is 133 cm³/mol. The van der Waals surface area contributed by atoms with Crippen molar-refractivity contribution in [2.75, 3.05) is 4.90 Å². The first kappa shape index (κ1) is 20.9. The van der Waals surface area contributed by atoms with E-state index in [1.807, 2.05) is 60.7 Å². The van der Waals surface area contributed by atoms with E-state index < -0.39 is 5.97 Å². The quantitative estimate of drug-likeness (QED) is 0.251. The van der Waals surface area contributed by atoms with E-state index in [2.05, 4.69) is 60.0 Å². The van der Waals surface area contributed by atoms with Crippen molar-refractivity contribution in [2.24, 2.45) is 0 Å². The maximum Gasteiger partial charge on any atom is 0.335 e.